The molecule has 2 aliphatic heterocycles. The van der Waals surface area contributed by atoms with Gasteiger partial charge in [0.15, 0.2) is 5.96 Å². The standard InChI is InChI=1S/C33H52N6O9/c1-4-20-14-47-28-21(29(43)44)8-22(25(28)26(20)36-15(2)40)38-31(34)39-33(30(45)46)12-23(42)27(37-16(3)41)24(48-33)13-35-32-9-17-5-18(10-32)7-19(6-17)11-32/h17-28,35,42H,4-14H2,1-3H3,(H,36,40)(H,37,41)(H,43,44)(H,45,46)(H3,34,38,39). The molecule has 5 saturated carbocycles. The molecule has 2 saturated heterocycles. The van der Waals surface area contributed by atoms with Crippen molar-refractivity contribution in [3.05, 3.63) is 0 Å². The van der Waals surface area contributed by atoms with Crippen molar-refractivity contribution < 1.29 is 44.0 Å². The number of aliphatic carboxylic acids is 2. The number of ether oxygens (including phenoxy) is 2. The summed E-state index contributed by atoms with van der Waals surface area (Å²) >= 11 is 0. The van der Waals surface area contributed by atoms with Crippen LogP contribution in [0.2, 0.25) is 0 Å². The first-order chi connectivity index (χ1) is 22.7. The average molecular weight is 677 g/mol. The second-order valence-electron chi connectivity index (χ2n) is 15.6. The van der Waals surface area contributed by atoms with Crippen molar-refractivity contribution >= 4 is 29.7 Å². The molecule has 7 rings (SSSR count). The van der Waals surface area contributed by atoms with Crippen molar-refractivity contribution in [1.82, 2.24) is 26.6 Å². The van der Waals surface area contributed by atoms with Crippen LogP contribution in [0.1, 0.15) is 78.6 Å². The lowest BCUT2D eigenvalue weighted by molar-refractivity contribution is -0.208. The number of aliphatic hydroxyl groups is 1. The quantitative estimate of drug-likeness (QED) is 0.111. The van der Waals surface area contributed by atoms with Crippen LogP contribution in [0.25, 0.3) is 0 Å². The predicted octanol–water partition coefficient (Wildman–Crippen LogP) is 0.113. The topological polar surface area (TPSA) is 231 Å². The molecule has 2 amide bonds. The van der Waals surface area contributed by atoms with Crippen molar-refractivity contribution in [3.63, 3.8) is 0 Å². The van der Waals surface area contributed by atoms with Crippen LogP contribution >= 0.6 is 0 Å². The number of carboxylic acids is 2. The third-order valence-corrected chi connectivity index (χ3v) is 12.1. The molecule has 7 fully saturated rings. The van der Waals surface area contributed by atoms with Crippen LogP contribution in [0.5, 0.6) is 0 Å². The zero-order valence-electron chi connectivity index (χ0n) is 28.0. The molecule has 7 aliphatic rings. The van der Waals surface area contributed by atoms with E-state index in [2.05, 4.69) is 26.6 Å². The number of carboxylic acid groups (broad SMARTS) is 2. The number of rotatable bonds is 10. The Bertz CT molecular complexity index is 1260. The zero-order chi connectivity index (χ0) is 34.5. The van der Waals surface area contributed by atoms with E-state index in [4.69, 9.17) is 14.9 Å². The maximum Gasteiger partial charge on any atom is 0.357 e. The minimum absolute atomic E-state index is 0.0794. The Morgan fingerprint density at radius 3 is 2.02 bits per heavy atom. The van der Waals surface area contributed by atoms with Gasteiger partial charge in [0.2, 0.25) is 17.5 Å². The highest BCUT2D eigenvalue weighted by Gasteiger charge is 2.57. The number of hydrogen-bond donors (Lipinski definition) is 9. The highest BCUT2D eigenvalue weighted by molar-refractivity contribution is 5.86. The van der Waals surface area contributed by atoms with Gasteiger partial charge >= 0.3 is 11.9 Å². The first kappa shape index (κ1) is 34.8. The number of hydrogen-bond acceptors (Lipinski definition) is 9. The van der Waals surface area contributed by atoms with Crippen LogP contribution in [0.4, 0.5) is 0 Å². The average Bonchev–Trinajstić information content (AvgIpc) is 3.35. The summed E-state index contributed by atoms with van der Waals surface area (Å²) in [7, 11) is 0. The Kier molecular flexibility index (Phi) is 9.70. The largest absolute Gasteiger partial charge is 0.481 e. The number of carbonyl (C=O) groups excluding carboxylic acids is 2. The second-order valence-corrected chi connectivity index (χ2v) is 15.6. The summed E-state index contributed by atoms with van der Waals surface area (Å²) in [6, 6.07) is -1.95. The molecule has 5 aliphatic carbocycles. The molecule has 48 heavy (non-hydrogen) atoms. The Morgan fingerprint density at radius 2 is 1.48 bits per heavy atom. The summed E-state index contributed by atoms with van der Waals surface area (Å²) < 4.78 is 12.3. The number of amides is 2. The summed E-state index contributed by atoms with van der Waals surface area (Å²) in [5.41, 5.74) is -2.31. The number of carbonyl (C=O) groups is 4. The molecule has 0 spiro atoms. The van der Waals surface area contributed by atoms with Gasteiger partial charge in [0.05, 0.1) is 36.9 Å². The van der Waals surface area contributed by atoms with Gasteiger partial charge in [-0.1, -0.05) is 6.92 Å². The van der Waals surface area contributed by atoms with E-state index in [1.165, 1.54) is 33.1 Å². The van der Waals surface area contributed by atoms with Gasteiger partial charge in [-0.05, 0) is 69.1 Å². The van der Waals surface area contributed by atoms with Gasteiger partial charge < -0.3 is 51.4 Å². The molecule has 0 radical (unpaired) electrons. The molecular formula is C33H52N6O9. The van der Waals surface area contributed by atoms with Crippen molar-refractivity contribution in [2.75, 3.05) is 13.2 Å². The predicted molar refractivity (Wildman–Crippen MR) is 171 cm³/mol. The van der Waals surface area contributed by atoms with Gasteiger partial charge in [-0.25, -0.2) is 4.79 Å². The molecule has 4 bridgehead atoms. The van der Waals surface area contributed by atoms with Crippen molar-refractivity contribution in [3.8, 4) is 0 Å². The van der Waals surface area contributed by atoms with Crippen molar-refractivity contribution in [2.45, 2.75) is 126 Å². The molecule has 268 valence electrons. The van der Waals surface area contributed by atoms with Crippen LogP contribution in [-0.2, 0) is 28.7 Å². The lowest BCUT2D eigenvalue weighted by Gasteiger charge is -2.57. The second kappa shape index (κ2) is 13.4. The molecule has 0 aromatic heterocycles. The van der Waals surface area contributed by atoms with Crippen molar-refractivity contribution in [1.29, 1.82) is 5.41 Å². The van der Waals surface area contributed by atoms with E-state index in [0.29, 0.717) is 24.2 Å². The van der Waals surface area contributed by atoms with E-state index in [9.17, 15) is 34.5 Å². The maximum absolute atomic E-state index is 12.9. The van der Waals surface area contributed by atoms with Crippen LogP contribution in [0.3, 0.4) is 0 Å². The molecule has 15 nitrogen and oxygen atoms in total. The Hall–Kier alpha value is -3.01. The van der Waals surface area contributed by atoms with Crippen LogP contribution < -0.4 is 26.6 Å². The van der Waals surface area contributed by atoms with Crippen LogP contribution in [0, 0.1) is 40.9 Å². The van der Waals surface area contributed by atoms with Gasteiger partial charge in [-0.2, -0.15) is 0 Å². The lowest BCUT2D eigenvalue weighted by Crippen LogP contribution is -2.72. The van der Waals surface area contributed by atoms with E-state index in [1.54, 1.807) is 0 Å². The molecule has 10 unspecified atom stereocenters. The summed E-state index contributed by atoms with van der Waals surface area (Å²) in [4.78, 5) is 49.5. The summed E-state index contributed by atoms with van der Waals surface area (Å²) in [6.45, 7) is 5.18. The highest BCUT2D eigenvalue weighted by atomic mass is 16.6. The zero-order valence-corrected chi connectivity index (χ0v) is 28.0. The van der Waals surface area contributed by atoms with E-state index < -0.39 is 78.3 Å². The fourth-order valence-electron chi connectivity index (χ4n) is 10.6. The number of nitrogens with one attached hydrogen (secondary N) is 6. The van der Waals surface area contributed by atoms with Gasteiger partial charge in [0.25, 0.3) is 0 Å². The first-order valence-corrected chi connectivity index (χ1v) is 17.6. The van der Waals surface area contributed by atoms with Gasteiger partial charge in [0, 0.05) is 56.3 Å². The third-order valence-electron chi connectivity index (χ3n) is 12.1. The van der Waals surface area contributed by atoms with Crippen LogP contribution in [0.15, 0.2) is 0 Å². The van der Waals surface area contributed by atoms with Gasteiger partial charge in [0.1, 0.15) is 0 Å². The normalized spacial score (nSPS) is 44.3. The molecule has 2 heterocycles. The minimum atomic E-state index is -2.22. The summed E-state index contributed by atoms with van der Waals surface area (Å²) in [6.07, 6.45) is 4.22. The summed E-state index contributed by atoms with van der Waals surface area (Å²) in [5, 5.41) is 55.8. The van der Waals surface area contributed by atoms with Crippen molar-refractivity contribution in [2.24, 2.45) is 35.5 Å². The molecule has 15 heteroatoms. The van der Waals surface area contributed by atoms with E-state index in [1.807, 2.05) is 6.92 Å². The molecule has 10 atom stereocenters. The molecule has 0 aromatic carbocycles. The first-order valence-electron chi connectivity index (χ1n) is 17.6. The van der Waals surface area contributed by atoms with Gasteiger partial charge in [-0.15, -0.1) is 0 Å². The monoisotopic (exact) mass is 676 g/mol. The van der Waals surface area contributed by atoms with Gasteiger partial charge in [-0.3, -0.25) is 19.8 Å². The number of aliphatic hydroxyl groups excluding tert-OH is 1. The fourth-order valence-corrected chi connectivity index (χ4v) is 10.6. The Balaban J connectivity index is 1.20. The third kappa shape index (κ3) is 6.75. The molecule has 9 N–H and O–H groups in total. The Labute approximate surface area is 280 Å². The summed E-state index contributed by atoms with van der Waals surface area (Å²) in [5.74, 6) is -3.03. The molecular weight excluding hydrogens is 624 g/mol. The van der Waals surface area contributed by atoms with Crippen LogP contribution in [-0.4, -0.2) is 106 Å². The smallest absolute Gasteiger partial charge is 0.357 e. The fraction of sp³-hybridized carbons (Fsp3) is 0.848. The van der Waals surface area contributed by atoms with E-state index in [0.717, 1.165) is 19.3 Å². The maximum atomic E-state index is 12.9. The Morgan fingerprint density at radius 1 is 0.875 bits per heavy atom. The molecule has 0 aromatic rings. The number of guanidine groups is 1. The SMILES string of the molecule is CCC1COC2C(C(=O)O)CC(NC(=N)NC3(C(=O)O)CC(O)C(NC(C)=O)C(CNC45CC6CC(CC(C6)C4)C5)O3)C2C1NC(C)=O. The minimum Gasteiger partial charge on any atom is -0.481 e. The number of fused-ring (bicyclic) bond motifs is 1. The highest BCUT2D eigenvalue weighted by Crippen LogP contribution is 2.55. The van der Waals surface area contributed by atoms with E-state index in [-0.39, 0.29) is 42.8 Å². The van der Waals surface area contributed by atoms with E-state index >= 15 is 0 Å². The lowest BCUT2D eigenvalue weighted by atomic mass is 9.53.